The van der Waals surface area contributed by atoms with Gasteiger partial charge in [0.2, 0.25) is 0 Å². The first-order valence-corrected chi connectivity index (χ1v) is 8.05. The molecule has 1 N–H and O–H groups in total. The molecule has 0 aliphatic carbocycles. The van der Waals surface area contributed by atoms with Crippen molar-refractivity contribution in [2.24, 2.45) is 5.92 Å². The summed E-state index contributed by atoms with van der Waals surface area (Å²) in [6, 6.07) is 2.43. The number of fused-ring (bicyclic) bond motifs is 1. The fraction of sp³-hybridized carbons (Fsp3) is 0.688. The minimum atomic E-state index is 0.137. The fourth-order valence-electron chi connectivity index (χ4n) is 3.27. The monoisotopic (exact) mass is 285 g/mol. The van der Waals surface area contributed by atoms with Crippen molar-refractivity contribution in [1.82, 2.24) is 15.3 Å². The van der Waals surface area contributed by atoms with Gasteiger partial charge in [0.15, 0.2) is 0 Å². The number of hydrogen-bond acceptors (Lipinski definition) is 5. The Morgan fingerprint density at radius 2 is 2.19 bits per heavy atom. The van der Waals surface area contributed by atoms with E-state index in [-0.39, 0.29) is 5.92 Å². The van der Waals surface area contributed by atoms with Crippen molar-refractivity contribution in [3.63, 3.8) is 0 Å². The second-order valence-corrected chi connectivity index (χ2v) is 5.91. The van der Waals surface area contributed by atoms with Crippen LogP contribution in [0.15, 0.2) is 0 Å². The van der Waals surface area contributed by atoms with Crippen molar-refractivity contribution in [2.45, 2.75) is 39.0 Å². The van der Waals surface area contributed by atoms with Crippen LogP contribution in [0.4, 0.5) is 5.82 Å². The average molecular weight is 285 g/mol. The van der Waals surface area contributed by atoms with Crippen LogP contribution in [0, 0.1) is 17.2 Å². The summed E-state index contributed by atoms with van der Waals surface area (Å²) in [5.74, 6) is 2.17. The summed E-state index contributed by atoms with van der Waals surface area (Å²) in [5.41, 5.74) is 2.51. The lowest BCUT2D eigenvalue weighted by Crippen LogP contribution is -2.36. The van der Waals surface area contributed by atoms with E-state index in [0.717, 1.165) is 69.9 Å². The zero-order chi connectivity index (χ0) is 14.7. The van der Waals surface area contributed by atoms with Gasteiger partial charge in [0, 0.05) is 38.0 Å². The lowest BCUT2D eigenvalue weighted by Gasteiger charge is -2.32. The standard InChI is InChI=1S/C16H23N5/c1-2-15-19-14-6-8-18-7-5-13(14)16(20-15)21-9-3-4-12(10-17)11-21/h12,18H,2-9,11H2,1H3. The summed E-state index contributed by atoms with van der Waals surface area (Å²) in [4.78, 5) is 11.9. The molecule has 112 valence electrons. The number of piperidine rings is 1. The van der Waals surface area contributed by atoms with Crippen LogP contribution in [-0.2, 0) is 19.3 Å². The third kappa shape index (κ3) is 3.01. The molecule has 0 aromatic carbocycles. The van der Waals surface area contributed by atoms with Gasteiger partial charge in [0.25, 0.3) is 0 Å². The first-order valence-electron chi connectivity index (χ1n) is 8.05. The summed E-state index contributed by atoms with van der Waals surface area (Å²) < 4.78 is 0. The van der Waals surface area contributed by atoms with Gasteiger partial charge in [-0.05, 0) is 25.8 Å². The van der Waals surface area contributed by atoms with E-state index in [9.17, 15) is 5.26 Å². The molecule has 1 saturated heterocycles. The van der Waals surface area contributed by atoms with Crippen molar-refractivity contribution in [3.8, 4) is 6.07 Å². The van der Waals surface area contributed by atoms with Crippen molar-refractivity contribution >= 4 is 5.82 Å². The molecule has 2 aliphatic rings. The normalized spacial score (nSPS) is 22.3. The number of hydrogen-bond donors (Lipinski definition) is 1. The van der Waals surface area contributed by atoms with Gasteiger partial charge in [0.1, 0.15) is 11.6 Å². The van der Waals surface area contributed by atoms with E-state index in [2.05, 4.69) is 23.2 Å². The Bertz CT molecular complexity index is 548. The molecule has 2 aliphatic heterocycles. The highest BCUT2D eigenvalue weighted by molar-refractivity contribution is 5.51. The number of nitrogens with zero attached hydrogens (tertiary/aromatic N) is 4. The van der Waals surface area contributed by atoms with Crippen molar-refractivity contribution in [1.29, 1.82) is 5.26 Å². The van der Waals surface area contributed by atoms with Crippen LogP contribution in [0.25, 0.3) is 0 Å². The summed E-state index contributed by atoms with van der Waals surface area (Å²) in [5, 5.41) is 12.7. The average Bonchev–Trinajstić information content (AvgIpc) is 2.79. The molecular formula is C16H23N5. The lowest BCUT2D eigenvalue weighted by molar-refractivity contribution is 0.488. The van der Waals surface area contributed by atoms with E-state index in [1.54, 1.807) is 0 Å². The molecule has 0 spiro atoms. The summed E-state index contributed by atoms with van der Waals surface area (Å²) >= 11 is 0. The predicted octanol–water partition coefficient (Wildman–Crippen LogP) is 1.47. The molecule has 5 heteroatoms. The van der Waals surface area contributed by atoms with Crippen LogP contribution >= 0.6 is 0 Å². The van der Waals surface area contributed by atoms with Gasteiger partial charge in [0.05, 0.1) is 17.7 Å². The topological polar surface area (TPSA) is 64.8 Å². The van der Waals surface area contributed by atoms with Crippen molar-refractivity contribution in [3.05, 3.63) is 17.1 Å². The maximum Gasteiger partial charge on any atom is 0.135 e. The smallest absolute Gasteiger partial charge is 0.135 e. The van der Waals surface area contributed by atoms with Crippen molar-refractivity contribution in [2.75, 3.05) is 31.1 Å². The van der Waals surface area contributed by atoms with E-state index in [4.69, 9.17) is 9.97 Å². The second-order valence-electron chi connectivity index (χ2n) is 5.91. The fourth-order valence-corrected chi connectivity index (χ4v) is 3.27. The van der Waals surface area contributed by atoms with E-state index >= 15 is 0 Å². The Balaban J connectivity index is 1.98. The Morgan fingerprint density at radius 3 is 3.00 bits per heavy atom. The number of aromatic nitrogens is 2. The highest BCUT2D eigenvalue weighted by atomic mass is 15.2. The molecular weight excluding hydrogens is 262 g/mol. The number of nitrogens with one attached hydrogen (secondary N) is 1. The van der Waals surface area contributed by atoms with Gasteiger partial charge in [-0.3, -0.25) is 0 Å². The summed E-state index contributed by atoms with van der Waals surface area (Å²) in [6.45, 7) is 5.92. The Hall–Kier alpha value is -1.67. The minimum absolute atomic E-state index is 0.137. The Labute approximate surface area is 126 Å². The number of anilines is 1. The number of aryl methyl sites for hydroxylation is 1. The molecule has 3 heterocycles. The number of rotatable bonds is 2. The zero-order valence-corrected chi connectivity index (χ0v) is 12.7. The number of nitriles is 1. The minimum Gasteiger partial charge on any atom is -0.355 e. The lowest BCUT2D eigenvalue weighted by atomic mass is 9.98. The van der Waals surface area contributed by atoms with Crippen LogP contribution in [0.2, 0.25) is 0 Å². The molecule has 0 radical (unpaired) electrons. The Kier molecular flexibility index (Phi) is 4.35. The quantitative estimate of drug-likeness (QED) is 0.891. The van der Waals surface area contributed by atoms with Gasteiger partial charge in [-0.15, -0.1) is 0 Å². The van der Waals surface area contributed by atoms with E-state index in [1.807, 2.05) is 0 Å². The van der Waals surface area contributed by atoms with E-state index in [1.165, 1.54) is 11.3 Å². The van der Waals surface area contributed by atoms with Gasteiger partial charge in [-0.25, -0.2) is 9.97 Å². The maximum absolute atomic E-state index is 9.22. The van der Waals surface area contributed by atoms with Crippen LogP contribution in [-0.4, -0.2) is 36.1 Å². The molecule has 1 aromatic heterocycles. The van der Waals surface area contributed by atoms with Crippen LogP contribution in [0.3, 0.4) is 0 Å². The highest BCUT2D eigenvalue weighted by Gasteiger charge is 2.25. The Morgan fingerprint density at radius 1 is 1.33 bits per heavy atom. The molecule has 0 saturated carbocycles. The van der Waals surface area contributed by atoms with Gasteiger partial charge >= 0.3 is 0 Å². The molecule has 3 rings (SSSR count). The molecule has 21 heavy (non-hydrogen) atoms. The largest absolute Gasteiger partial charge is 0.355 e. The second kappa shape index (κ2) is 6.40. The first kappa shape index (κ1) is 14.3. The third-order valence-electron chi connectivity index (χ3n) is 4.43. The molecule has 1 fully saturated rings. The van der Waals surface area contributed by atoms with Gasteiger partial charge < -0.3 is 10.2 Å². The van der Waals surface area contributed by atoms with Gasteiger partial charge in [-0.2, -0.15) is 5.26 Å². The van der Waals surface area contributed by atoms with E-state index in [0.29, 0.717) is 0 Å². The predicted molar refractivity (Wildman–Crippen MR) is 82.2 cm³/mol. The molecule has 0 amide bonds. The maximum atomic E-state index is 9.22. The molecule has 1 atom stereocenters. The molecule has 0 bridgehead atoms. The molecule has 5 nitrogen and oxygen atoms in total. The van der Waals surface area contributed by atoms with Gasteiger partial charge in [-0.1, -0.05) is 6.92 Å². The summed E-state index contributed by atoms with van der Waals surface area (Å²) in [6.07, 6.45) is 4.93. The van der Waals surface area contributed by atoms with Crippen LogP contribution in [0.5, 0.6) is 0 Å². The van der Waals surface area contributed by atoms with E-state index < -0.39 is 0 Å². The highest BCUT2D eigenvalue weighted by Crippen LogP contribution is 2.27. The zero-order valence-electron chi connectivity index (χ0n) is 12.7. The molecule has 1 aromatic rings. The first-order chi connectivity index (χ1) is 10.3. The summed E-state index contributed by atoms with van der Waals surface area (Å²) in [7, 11) is 0. The SMILES string of the molecule is CCc1nc2c(c(N3CCCC(C#N)C3)n1)CCNCC2. The van der Waals surface area contributed by atoms with Crippen molar-refractivity contribution < 1.29 is 0 Å². The third-order valence-corrected chi connectivity index (χ3v) is 4.43. The van der Waals surface area contributed by atoms with Crippen LogP contribution < -0.4 is 10.2 Å². The van der Waals surface area contributed by atoms with Crippen LogP contribution in [0.1, 0.15) is 36.8 Å². The molecule has 1 unspecified atom stereocenters.